The van der Waals surface area contributed by atoms with E-state index in [-0.39, 0.29) is 24.3 Å². The molecule has 1 unspecified atom stereocenters. The van der Waals surface area contributed by atoms with Gasteiger partial charge in [-0.05, 0) is 97.5 Å². The van der Waals surface area contributed by atoms with E-state index in [9.17, 15) is 22.8 Å². The number of hydrogen-bond donors (Lipinski definition) is 2. The fourth-order valence-electron chi connectivity index (χ4n) is 6.75. The molecule has 3 aromatic carbocycles. The average Bonchev–Trinajstić information content (AvgIpc) is 3.61. The van der Waals surface area contributed by atoms with Gasteiger partial charge in [-0.3, -0.25) is 9.59 Å². The third-order valence-corrected chi connectivity index (χ3v) is 9.55. The molecule has 0 radical (unpaired) electrons. The summed E-state index contributed by atoms with van der Waals surface area (Å²) in [6, 6.07) is 21.1. The lowest BCUT2D eigenvalue weighted by Gasteiger charge is -2.38. The minimum absolute atomic E-state index is 0.0967. The van der Waals surface area contributed by atoms with Crippen molar-refractivity contribution in [3.63, 3.8) is 0 Å². The van der Waals surface area contributed by atoms with Crippen molar-refractivity contribution in [2.75, 3.05) is 49.7 Å². The Balaban J connectivity index is 0.864. The number of carbonyl (C=O) groups is 2. The summed E-state index contributed by atoms with van der Waals surface area (Å²) < 4.78 is 55.3. The smallest absolute Gasteiger partial charge is 0.416 e. The predicted molar refractivity (Wildman–Crippen MR) is 184 cm³/mol. The van der Waals surface area contributed by atoms with Crippen LogP contribution in [0.5, 0.6) is 23.1 Å². The van der Waals surface area contributed by atoms with E-state index in [1.807, 2.05) is 36.4 Å². The van der Waals surface area contributed by atoms with E-state index in [0.717, 1.165) is 92.5 Å². The molecular weight excluding hydrogens is 663 g/mol. The summed E-state index contributed by atoms with van der Waals surface area (Å²) >= 11 is 0. The Kier molecular flexibility index (Phi) is 9.98. The second-order valence-corrected chi connectivity index (χ2v) is 13.0. The summed E-state index contributed by atoms with van der Waals surface area (Å²) in [6.07, 6.45) is 0.152. The van der Waals surface area contributed by atoms with Crippen LogP contribution < -0.4 is 29.7 Å². The summed E-state index contributed by atoms with van der Waals surface area (Å²) in [5.41, 5.74) is 1.86. The van der Waals surface area contributed by atoms with Crippen LogP contribution in [-0.2, 0) is 17.4 Å². The van der Waals surface area contributed by atoms with Gasteiger partial charge in [0, 0.05) is 62.5 Å². The third kappa shape index (κ3) is 8.37. The first-order valence-corrected chi connectivity index (χ1v) is 17.0. The van der Waals surface area contributed by atoms with Crippen molar-refractivity contribution in [1.82, 2.24) is 15.2 Å². The molecule has 51 heavy (non-hydrogen) atoms. The number of nitrogens with one attached hydrogen (secondary N) is 2. The van der Waals surface area contributed by atoms with E-state index in [4.69, 9.17) is 14.2 Å². The molecule has 7 rings (SSSR count). The maximum Gasteiger partial charge on any atom is 0.416 e. The SMILES string of the molecule is O=C(Nc1ccc(Oc2ccc(N3CCC(CC(=O)N4CCNCC4Cc4ccc5c(c4)OCO5)CC3)cc2)nc1)c1ccc(C(F)(F)F)cc1. The summed E-state index contributed by atoms with van der Waals surface area (Å²) in [5, 5.41) is 6.07. The number of piperazine rings is 1. The number of amides is 2. The lowest BCUT2D eigenvalue weighted by atomic mass is 9.92. The zero-order valence-corrected chi connectivity index (χ0v) is 27.8. The molecule has 2 amide bonds. The van der Waals surface area contributed by atoms with E-state index in [0.29, 0.717) is 36.2 Å². The van der Waals surface area contributed by atoms with Gasteiger partial charge in [-0.25, -0.2) is 4.98 Å². The molecule has 2 fully saturated rings. The summed E-state index contributed by atoms with van der Waals surface area (Å²) in [7, 11) is 0. The number of pyridine rings is 1. The fraction of sp³-hybridized carbons (Fsp3) is 0.342. The second-order valence-electron chi connectivity index (χ2n) is 13.0. The molecule has 4 aromatic rings. The van der Waals surface area contributed by atoms with E-state index >= 15 is 0 Å². The van der Waals surface area contributed by atoms with E-state index in [1.54, 1.807) is 12.1 Å². The van der Waals surface area contributed by atoms with Crippen molar-refractivity contribution in [3.05, 3.63) is 102 Å². The van der Waals surface area contributed by atoms with Crippen LogP contribution in [0.15, 0.2) is 85.1 Å². The standard InChI is InChI=1S/C38H38F3N5O5/c39-38(40,41)28-4-2-27(3-5-28)37(48)44-29-6-12-35(43-22-29)51-32-9-7-30(8-10-32)45-16-13-25(14-17-45)21-36(47)46-18-15-42-23-31(46)19-26-1-11-33-34(20-26)50-24-49-33/h1-12,20,22,25,31,42H,13-19,21,23-24H2,(H,44,48). The molecule has 0 aliphatic carbocycles. The molecule has 13 heteroatoms. The molecule has 3 aliphatic rings. The highest BCUT2D eigenvalue weighted by atomic mass is 19.4. The maximum absolute atomic E-state index is 13.5. The van der Waals surface area contributed by atoms with Crippen molar-refractivity contribution in [2.45, 2.75) is 37.9 Å². The molecule has 1 aromatic heterocycles. The van der Waals surface area contributed by atoms with Crippen LogP contribution >= 0.6 is 0 Å². The van der Waals surface area contributed by atoms with Crippen LogP contribution in [0.1, 0.15) is 40.7 Å². The number of ether oxygens (including phenoxy) is 3. The topological polar surface area (TPSA) is 105 Å². The number of fused-ring (bicyclic) bond motifs is 1. The maximum atomic E-state index is 13.5. The molecule has 0 spiro atoms. The number of anilines is 2. The first-order valence-electron chi connectivity index (χ1n) is 17.0. The lowest BCUT2D eigenvalue weighted by molar-refractivity contribution is -0.137. The van der Waals surface area contributed by atoms with Gasteiger partial charge in [-0.2, -0.15) is 13.2 Å². The Morgan fingerprint density at radius 3 is 2.41 bits per heavy atom. The van der Waals surface area contributed by atoms with Gasteiger partial charge in [-0.1, -0.05) is 6.07 Å². The summed E-state index contributed by atoms with van der Waals surface area (Å²) in [4.78, 5) is 34.6. The number of alkyl halides is 3. The molecule has 0 bridgehead atoms. The number of benzene rings is 3. The van der Waals surface area contributed by atoms with Gasteiger partial charge in [0.25, 0.3) is 5.91 Å². The zero-order chi connectivity index (χ0) is 35.4. The molecule has 0 saturated carbocycles. The van der Waals surface area contributed by atoms with Crippen molar-refractivity contribution >= 4 is 23.2 Å². The Hall–Kier alpha value is -5.30. The highest BCUT2D eigenvalue weighted by Gasteiger charge is 2.31. The molecular formula is C38H38F3N5O5. The number of nitrogens with zero attached hydrogens (tertiary/aromatic N) is 3. The Morgan fingerprint density at radius 1 is 0.922 bits per heavy atom. The molecule has 2 N–H and O–H groups in total. The van der Waals surface area contributed by atoms with Gasteiger partial charge in [0.05, 0.1) is 17.4 Å². The van der Waals surface area contributed by atoms with Gasteiger partial charge in [0.2, 0.25) is 18.6 Å². The Labute approximate surface area is 293 Å². The predicted octanol–water partition coefficient (Wildman–Crippen LogP) is 6.52. The molecule has 3 aliphatic heterocycles. The number of aromatic nitrogens is 1. The van der Waals surface area contributed by atoms with E-state index < -0.39 is 17.6 Å². The zero-order valence-electron chi connectivity index (χ0n) is 27.8. The van der Waals surface area contributed by atoms with Crippen LogP contribution in [0.3, 0.4) is 0 Å². The minimum Gasteiger partial charge on any atom is -0.454 e. The summed E-state index contributed by atoms with van der Waals surface area (Å²) in [5.74, 6) is 2.46. The van der Waals surface area contributed by atoms with Crippen LogP contribution in [0.25, 0.3) is 0 Å². The minimum atomic E-state index is -4.47. The number of rotatable bonds is 9. The highest BCUT2D eigenvalue weighted by molar-refractivity contribution is 6.04. The highest BCUT2D eigenvalue weighted by Crippen LogP contribution is 2.34. The van der Waals surface area contributed by atoms with Crippen molar-refractivity contribution in [2.24, 2.45) is 5.92 Å². The van der Waals surface area contributed by atoms with Crippen LogP contribution in [-0.4, -0.2) is 67.3 Å². The fourth-order valence-corrected chi connectivity index (χ4v) is 6.75. The lowest BCUT2D eigenvalue weighted by Crippen LogP contribution is -2.55. The Bertz CT molecular complexity index is 1830. The number of halogens is 3. The summed E-state index contributed by atoms with van der Waals surface area (Å²) in [6.45, 7) is 4.25. The second kappa shape index (κ2) is 14.9. The number of piperidine rings is 1. The van der Waals surface area contributed by atoms with Gasteiger partial charge in [0.15, 0.2) is 11.5 Å². The number of carbonyl (C=O) groups excluding carboxylic acids is 2. The monoisotopic (exact) mass is 701 g/mol. The first-order chi connectivity index (χ1) is 24.7. The van der Waals surface area contributed by atoms with E-state index in [2.05, 4.69) is 31.5 Å². The Morgan fingerprint density at radius 2 is 1.69 bits per heavy atom. The third-order valence-electron chi connectivity index (χ3n) is 9.55. The quantitative estimate of drug-likeness (QED) is 0.203. The van der Waals surface area contributed by atoms with Crippen molar-refractivity contribution in [3.8, 4) is 23.1 Å². The normalized spacial score (nSPS) is 17.7. The molecule has 4 heterocycles. The molecule has 2 saturated heterocycles. The molecule has 266 valence electrons. The largest absolute Gasteiger partial charge is 0.454 e. The van der Waals surface area contributed by atoms with Gasteiger partial charge < -0.3 is 34.6 Å². The van der Waals surface area contributed by atoms with Crippen LogP contribution in [0, 0.1) is 5.92 Å². The van der Waals surface area contributed by atoms with Crippen molar-refractivity contribution in [1.29, 1.82) is 0 Å². The van der Waals surface area contributed by atoms with Gasteiger partial charge in [-0.15, -0.1) is 0 Å². The van der Waals surface area contributed by atoms with E-state index in [1.165, 1.54) is 6.20 Å². The molecule has 10 nitrogen and oxygen atoms in total. The number of hydrogen-bond acceptors (Lipinski definition) is 8. The van der Waals surface area contributed by atoms with Gasteiger partial charge in [0.1, 0.15) is 5.75 Å². The first kappa shape index (κ1) is 34.2. The van der Waals surface area contributed by atoms with Crippen LogP contribution in [0.4, 0.5) is 24.5 Å². The van der Waals surface area contributed by atoms with Crippen molar-refractivity contribution < 1.29 is 37.0 Å². The molecule has 1 atom stereocenters. The van der Waals surface area contributed by atoms with Gasteiger partial charge >= 0.3 is 6.18 Å². The average molecular weight is 702 g/mol. The van der Waals surface area contributed by atoms with Crippen LogP contribution in [0.2, 0.25) is 0 Å².